The maximum Gasteiger partial charge on any atom is 0.255 e. The molecule has 25 heavy (non-hydrogen) atoms. The Labute approximate surface area is 147 Å². The van der Waals surface area contributed by atoms with Crippen LogP contribution in [-0.4, -0.2) is 43.0 Å². The number of fused-ring (bicyclic) bond motifs is 4. The van der Waals surface area contributed by atoms with Crippen molar-refractivity contribution in [3.63, 3.8) is 0 Å². The van der Waals surface area contributed by atoms with Crippen molar-refractivity contribution in [1.29, 1.82) is 0 Å². The SMILES string of the molecule is O=C(Nc1ccc(N2CCN3CCC2CC3)cc1)c1ccc(F)cc1. The van der Waals surface area contributed by atoms with Crippen LogP contribution in [0.5, 0.6) is 0 Å². The summed E-state index contributed by atoms with van der Waals surface area (Å²) in [5.41, 5.74) is 2.42. The molecule has 0 saturated carbocycles. The lowest BCUT2D eigenvalue weighted by molar-refractivity contribution is 0.102. The highest BCUT2D eigenvalue weighted by Gasteiger charge is 2.28. The molecule has 0 spiro atoms. The molecule has 0 atom stereocenters. The first-order valence-corrected chi connectivity index (χ1v) is 8.85. The van der Waals surface area contributed by atoms with Gasteiger partial charge in [-0.05, 0) is 61.4 Å². The highest BCUT2D eigenvalue weighted by Crippen LogP contribution is 2.27. The molecule has 3 aliphatic rings. The van der Waals surface area contributed by atoms with Crippen LogP contribution in [0.15, 0.2) is 48.5 Å². The molecule has 0 aliphatic carbocycles. The number of nitrogens with one attached hydrogen (secondary N) is 1. The van der Waals surface area contributed by atoms with Gasteiger partial charge in [0.1, 0.15) is 5.82 Å². The molecule has 0 unspecified atom stereocenters. The summed E-state index contributed by atoms with van der Waals surface area (Å²) in [7, 11) is 0. The van der Waals surface area contributed by atoms with Gasteiger partial charge in [0.25, 0.3) is 5.91 Å². The van der Waals surface area contributed by atoms with Crippen molar-refractivity contribution in [3.05, 3.63) is 59.9 Å². The lowest BCUT2D eigenvalue weighted by Crippen LogP contribution is -2.37. The fourth-order valence-corrected chi connectivity index (χ4v) is 3.77. The van der Waals surface area contributed by atoms with Crippen LogP contribution in [0, 0.1) is 5.82 Å². The van der Waals surface area contributed by atoms with Gasteiger partial charge >= 0.3 is 0 Å². The van der Waals surface area contributed by atoms with Crippen molar-refractivity contribution in [1.82, 2.24) is 4.90 Å². The molecule has 1 N–H and O–H groups in total. The second-order valence-electron chi connectivity index (χ2n) is 6.77. The summed E-state index contributed by atoms with van der Waals surface area (Å²) in [6.07, 6.45) is 2.45. The van der Waals surface area contributed by atoms with Gasteiger partial charge in [0.05, 0.1) is 0 Å². The van der Waals surface area contributed by atoms with Crippen LogP contribution < -0.4 is 10.2 Å². The first-order valence-electron chi connectivity index (χ1n) is 8.85. The first-order chi connectivity index (χ1) is 12.2. The molecule has 1 amide bonds. The van der Waals surface area contributed by atoms with Crippen molar-refractivity contribution < 1.29 is 9.18 Å². The molecule has 3 aliphatic heterocycles. The van der Waals surface area contributed by atoms with Crippen LogP contribution in [0.2, 0.25) is 0 Å². The highest BCUT2D eigenvalue weighted by atomic mass is 19.1. The summed E-state index contributed by atoms with van der Waals surface area (Å²) in [6.45, 7) is 4.59. The van der Waals surface area contributed by atoms with E-state index in [1.165, 1.54) is 55.9 Å². The molecule has 3 heterocycles. The lowest BCUT2D eigenvalue weighted by Gasteiger charge is -2.33. The standard InChI is InChI=1S/C20H22FN3O/c21-16-3-1-15(2-4-16)20(25)22-17-5-7-18(8-6-17)24-14-13-23-11-9-19(24)10-12-23/h1-8,19H,9-14H2,(H,22,25). The second kappa shape index (κ2) is 6.84. The van der Waals surface area contributed by atoms with Gasteiger partial charge in [-0.25, -0.2) is 4.39 Å². The van der Waals surface area contributed by atoms with Crippen LogP contribution >= 0.6 is 0 Å². The fourth-order valence-electron chi connectivity index (χ4n) is 3.77. The van der Waals surface area contributed by atoms with E-state index in [1.807, 2.05) is 12.1 Å². The third kappa shape index (κ3) is 3.51. The van der Waals surface area contributed by atoms with E-state index in [-0.39, 0.29) is 11.7 Å². The minimum Gasteiger partial charge on any atom is -0.367 e. The average molecular weight is 339 g/mol. The smallest absolute Gasteiger partial charge is 0.255 e. The highest BCUT2D eigenvalue weighted by molar-refractivity contribution is 6.04. The Morgan fingerprint density at radius 2 is 1.60 bits per heavy atom. The zero-order chi connectivity index (χ0) is 17.2. The minimum atomic E-state index is -0.344. The van der Waals surface area contributed by atoms with Gasteiger partial charge in [-0.15, -0.1) is 0 Å². The number of halogens is 1. The number of anilines is 2. The summed E-state index contributed by atoms with van der Waals surface area (Å²) in [5, 5.41) is 2.87. The Kier molecular flexibility index (Phi) is 4.40. The van der Waals surface area contributed by atoms with E-state index in [2.05, 4.69) is 27.2 Å². The van der Waals surface area contributed by atoms with Crippen LogP contribution in [0.1, 0.15) is 23.2 Å². The molecule has 2 aromatic carbocycles. The zero-order valence-corrected chi connectivity index (χ0v) is 14.1. The molecule has 3 saturated heterocycles. The quantitative estimate of drug-likeness (QED) is 0.931. The second-order valence-corrected chi connectivity index (χ2v) is 6.77. The average Bonchev–Trinajstić information content (AvgIpc) is 2.97. The van der Waals surface area contributed by atoms with Crippen LogP contribution in [0.4, 0.5) is 15.8 Å². The lowest BCUT2D eigenvalue weighted by atomic mass is 10.0. The Morgan fingerprint density at radius 1 is 0.920 bits per heavy atom. The fraction of sp³-hybridized carbons (Fsp3) is 0.350. The minimum absolute atomic E-state index is 0.228. The topological polar surface area (TPSA) is 35.6 Å². The summed E-state index contributed by atoms with van der Waals surface area (Å²) >= 11 is 0. The van der Waals surface area contributed by atoms with E-state index in [4.69, 9.17) is 0 Å². The van der Waals surface area contributed by atoms with Crippen molar-refractivity contribution in [3.8, 4) is 0 Å². The van der Waals surface area contributed by atoms with Crippen LogP contribution in [-0.2, 0) is 0 Å². The van der Waals surface area contributed by atoms with Gasteiger partial charge in [-0.2, -0.15) is 0 Å². The molecular weight excluding hydrogens is 317 g/mol. The van der Waals surface area contributed by atoms with Crippen molar-refractivity contribution in [2.75, 3.05) is 36.4 Å². The van der Waals surface area contributed by atoms with Gasteiger partial charge in [0.15, 0.2) is 0 Å². The molecule has 4 nitrogen and oxygen atoms in total. The molecular formula is C20H22FN3O. The predicted molar refractivity (Wildman–Crippen MR) is 97.6 cm³/mol. The third-order valence-corrected chi connectivity index (χ3v) is 5.22. The monoisotopic (exact) mass is 339 g/mol. The normalized spacial score (nSPS) is 22.5. The van der Waals surface area contributed by atoms with Crippen molar-refractivity contribution in [2.24, 2.45) is 0 Å². The number of rotatable bonds is 3. The largest absolute Gasteiger partial charge is 0.367 e. The Morgan fingerprint density at radius 3 is 2.28 bits per heavy atom. The molecule has 0 radical (unpaired) electrons. The van der Waals surface area contributed by atoms with Crippen LogP contribution in [0.3, 0.4) is 0 Å². The summed E-state index contributed by atoms with van der Waals surface area (Å²) in [5.74, 6) is -0.571. The zero-order valence-electron chi connectivity index (χ0n) is 14.1. The molecule has 3 fully saturated rings. The Balaban J connectivity index is 1.45. The Bertz CT molecular complexity index is 737. The molecule has 130 valence electrons. The summed E-state index contributed by atoms with van der Waals surface area (Å²) < 4.78 is 13.0. The number of nitrogens with zero attached hydrogens (tertiary/aromatic N) is 2. The van der Waals surface area contributed by atoms with E-state index in [1.54, 1.807) is 0 Å². The molecule has 0 aromatic heterocycles. The van der Waals surface area contributed by atoms with E-state index in [0.717, 1.165) is 18.8 Å². The van der Waals surface area contributed by atoms with Crippen molar-refractivity contribution >= 4 is 17.3 Å². The van der Waals surface area contributed by atoms with E-state index >= 15 is 0 Å². The number of amides is 1. The van der Waals surface area contributed by atoms with Gasteiger partial charge in [-0.3, -0.25) is 4.79 Å². The van der Waals surface area contributed by atoms with Gasteiger partial charge < -0.3 is 15.1 Å². The molecule has 2 bridgehead atoms. The van der Waals surface area contributed by atoms with Gasteiger partial charge in [0, 0.05) is 49.2 Å². The van der Waals surface area contributed by atoms with Gasteiger partial charge in [0.2, 0.25) is 0 Å². The van der Waals surface area contributed by atoms with E-state index in [9.17, 15) is 9.18 Å². The third-order valence-electron chi connectivity index (χ3n) is 5.22. The summed E-state index contributed by atoms with van der Waals surface area (Å²) in [6, 6.07) is 14.2. The number of hydrogen-bond donors (Lipinski definition) is 1. The maximum atomic E-state index is 13.0. The first kappa shape index (κ1) is 16.1. The number of benzene rings is 2. The number of carbonyl (C=O) groups excluding carboxylic acids is 1. The predicted octanol–water partition coefficient (Wildman–Crippen LogP) is 3.36. The van der Waals surface area contributed by atoms with E-state index < -0.39 is 0 Å². The Hall–Kier alpha value is -2.40. The van der Waals surface area contributed by atoms with Crippen molar-refractivity contribution in [2.45, 2.75) is 18.9 Å². The van der Waals surface area contributed by atoms with E-state index in [0.29, 0.717) is 11.6 Å². The number of hydrogen-bond acceptors (Lipinski definition) is 3. The maximum absolute atomic E-state index is 13.0. The van der Waals surface area contributed by atoms with Crippen LogP contribution in [0.25, 0.3) is 0 Å². The molecule has 5 rings (SSSR count). The number of carbonyl (C=O) groups is 1. The summed E-state index contributed by atoms with van der Waals surface area (Å²) in [4.78, 5) is 17.2. The molecule has 2 aromatic rings. The molecule has 5 heteroatoms. The number of piperidine rings is 1. The van der Waals surface area contributed by atoms with Gasteiger partial charge in [-0.1, -0.05) is 0 Å².